The Morgan fingerprint density at radius 3 is 2.74 bits per heavy atom. The molecule has 2 rings (SSSR count). The maximum atomic E-state index is 6.45. The van der Waals surface area contributed by atoms with Crippen molar-refractivity contribution in [3.8, 4) is 0 Å². The Labute approximate surface area is 122 Å². The van der Waals surface area contributed by atoms with Crippen LogP contribution in [0.3, 0.4) is 0 Å². The fourth-order valence-electron chi connectivity index (χ4n) is 3.31. The van der Waals surface area contributed by atoms with Crippen LogP contribution in [-0.2, 0) is 0 Å². The molecule has 0 aromatic heterocycles. The van der Waals surface area contributed by atoms with E-state index in [1.54, 1.807) is 0 Å². The normalized spacial score (nSPS) is 24.9. The third-order valence-corrected chi connectivity index (χ3v) is 4.49. The van der Waals surface area contributed by atoms with E-state index in [-0.39, 0.29) is 0 Å². The number of nitrogens with zero attached hydrogens (tertiary/aromatic N) is 1. The molecule has 1 N–H and O–H groups in total. The van der Waals surface area contributed by atoms with E-state index in [4.69, 9.17) is 11.6 Å². The number of hydrogen-bond donors (Lipinski definition) is 1. The van der Waals surface area contributed by atoms with Gasteiger partial charge in [0.25, 0.3) is 0 Å². The number of piperidine rings is 1. The zero-order valence-electron chi connectivity index (χ0n) is 12.2. The minimum atomic E-state index is 0.440. The second kappa shape index (κ2) is 6.74. The Morgan fingerprint density at radius 2 is 2.11 bits per heavy atom. The van der Waals surface area contributed by atoms with Crippen LogP contribution in [0.4, 0.5) is 0 Å². The summed E-state index contributed by atoms with van der Waals surface area (Å²) < 4.78 is 0. The summed E-state index contributed by atoms with van der Waals surface area (Å²) in [6.07, 6.45) is 2.56. The van der Waals surface area contributed by atoms with Crippen LogP contribution in [0.15, 0.2) is 24.3 Å². The second-order valence-electron chi connectivity index (χ2n) is 5.76. The number of rotatable bonds is 4. The zero-order chi connectivity index (χ0) is 13.8. The van der Waals surface area contributed by atoms with Gasteiger partial charge in [0.05, 0.1) is 0 Å². The maximum Gasteiger partial charge on any atom is 0.0453 e. The van der Waals surface area contributed by atoms with Crippen molar-refractivity contribution in [1.29, 1.82) is 0 Å². The molecule has 0 spiro atoms. The van der Waals surface area contributed by atoms with Gasteiger partial charge in [0.2, 0.25) is 0 Å². The largest absolute Gasteiger partial charge is 0.319 e. The third kappa shape index (κ3) is 3.31. The summed E-state index contributed by atoms with van der Waals surface area (Å²) in [5, 5.41) is 4.25. The fraction of sp³-hybridized carbons (Fsp3) is 0.625. The van der Waals surface area contributed by atoms with E-state index >= 15 is 0 Å². The Bertz CT molecular complexity index is 403. The summed E-state index contributed by atoms with van der Waals surface area (Å²) in [5.41, 5.74) is 1.29. The van der Waals surface area contributed by atoms with Crippen LogP contribution in [-0.4, -0.2) is 31.1 Å². The van der Waals surface area contributed by atoms with Crippen molar-refractivity contribution in [1.82, 2.24) is 10.2 Å². The molecule has 19 heavy (non-hydrogen) atoms. The molecule has 1 saturated heterocycles. The van der Waals surface area contributed by atoms with Gasteiger partial charge in [-0.15, -0.1) is 0 Å². The van der Waals surface area contributed by atoms with Crippen LogP contribution in [0, 0.1) is 5.92 Å². The number of benzene rings is 1. The van der Waals surface area contributed by atoms with E-state index in [1.165, 1.54) is 24.9 Å². The van der Waals surface area contributed by atoms with E-state index in [9.17, 15) is 0 Å². The summed E-state index contributed by atoms with van der Waals surface area (Å²) in [5.74, 6) is 0.640. The molecule has 106 valence electrons. The smallest absolute Gasteiger partial charge is 0.0453 e. The van der Waals surface area contributed by atoms with E-state index in [0.717, 1.165) is 11.6 Å². The Kier molecular flexibility index (Phi) is 5.26. The first kappa shape index (κ1) is 14.8. The van der Waals surface area contributed by atoms with Crippen molar-refractivity contribution in [2.45, 2.75) is 38.8 Å². The first-order chi connectivity index (χ1) is 9.15. The van der Waals surface area contributed by atoms with Crippen molar-refractivity contribution in [2.75, 3.05) is 20.1 Å². The van der Waals surface area contributed by atoms with Crippen LogP contribution in [0.1, 0.15) is 38.3 Å². The molecule has 1 heterocycles. The summed E-state index contributed by atoms with van der Waals surface area (Å²) in [7, 11) is 2.04. The van der Waals surface area contributed by atoms with E-state index < -0.39 is 0 Å². The van der Waals surface area contributed by atoms with Crippen LogP contribution >= 0.6 is 11.6 Å². The fourth-order valence-corrected chi connectivity index (χ4v) is 3.55. The molecule has 1 fully saturated rings. The molecule has 0 amide bonds. The van der Waals surface area contributed by atoms with E-state index in [2.05, 4.69) is 36.2 Å². The van der Waals surface area contributed by atoms with Gasteiger partial charge in [-0.3, -0.25) is 4.90 Å². The molecule has 0 saturated carbocycles. The summed E-state index contributed by atoms with van der Waals surface area (Å²) in [6.45, 7) is 6.80. The van der Waals surface area contributed by atoms with Crippen molar-refractivity contribution >= 4 is 11.6 Å². The monoisotopic (exact) mass is 280 g/mol. The maximum absolute atomic E-state index is 6.45. The zero-order valence-corrected chi connectivity index (χ0v) is 13.0. The van der Waals surface area contributed by atoms with Crippen LogP contribution in [0.25, 0.3) is 0 Å². The quantitative estimate of drug-likeness (QED) is 0.904. The van der Waals surface area contributed by atoms with Gasteiger partial charge in [0.15, 0.2) is 0 Å². The summed E-state index contributed by atoms with van der Waals surface area (Å²) >= 11 is 6.45. The predicted molar refractivity (Wildman–Crippen MR) is 82.7 cm³/mol. The Morgan fingerprint density at radius 1 is 1.37 bits per heavy atom. The number of hydrogen-bond acceptors (Lipinski definition) is 2. The predicted octanol–water partition coefficient (Wildman–Crippen LogP) is 3.72. The van der Waals surface area contributed by atoms with Gasteiger partial charge in [0, 0.05) is 17.1 Å². The Balaban J connectivity index is 2.34. The lowest BCUT2D eigenvalue weighted by atomic mass is 9.83. The van der Waals surface area contributed by atoms with Crippen molar-refractivity contribution in [3.05, 3.63) is 34.9 Å². The van der Waals surface area contributed by atoms with Crippen molar-refractivity contribution < 1.29 is 0 Å². The first-order valence-corrected chi connectivity index (χ1v) is 7.67. The molecule has 2 nitrogen and oxygen atoms in total. The van der Waals surface area contributed by atoms with Crippen molar-refractivity contribution in [3.63, 3.8) is 0 Å². The highest BCUT2D eigenvalue weighted by molar-refractivity contribution is 6.31. The minimum Gasteiger partial charge on any atom is -0.319 e. The molecule has 0 aliphatic carbocycles. The van der Waals surface area contributed by atoms with Gasteiger partial charge in [0.1, 0.15) is 0 Å². The lowest BCUT2D eigenvalue weighted by Gasteiger charge is -2.44. The van der Waals surface area contributed by atoms with E-state index in [0.29, 0.717) is 18.0 Å². The van der Waals surface area contributed by atoms with Gasteiger partial charge in [-0.1, -0.05) is 29.8 Å². The number of halogens is 1. The summed E-state index contributed by atoms with van der Waals surface area (Å²) in [4.78, 5) is 2.60. The van der Waals surface area contributed by atoms with E-state index in [1.807, 2.05) is 19.2 Å². The lowest BCUT2D eigenvalue weighted by Crippen LogP contribution is -2.45. The third-order valence-electron chi connectivity index (χ3n) is 4.15. The molecular formula is C16H25ClN2. The van der Waals surface area contributed by atoms with Gasteiger partial charge in [-0.05, 0) is 64.4 Å². The highest BCUT2D eigenvalue weighted by Gasteiger charge is 2.34. The highest BCUT2D eigenvalue weighted by Crippen LogP contribution is 2.39. The van der Waals surface area contributed by atoms with Crippen molar-refractivity contribution in [2.24, 2.45) is 5.92 Å². The van der Waals surface area contributed by atoms with Crippen LogP contribution in [0.2, 0.25) is 5.02 Å². The number of likely N-dealkylation sites (tertiary alicyclic amines) is 1. The average molecular weight is 281 g/mol. The molecule has 3 heteroatoms. The molecule has 1 aromatic rings. The van der Waals surface area contributed by atoms with Crippen LogP contribution in [0.5, 0.6) is 0 Å². The topological polar surface area (TPSA) is 15.3 Å². The molecule has 2 unspecified atom stereocenters. The standard InChI is InChI=1S/C16H25ClN2/c1-12(2)19-10-6-7-13(11-18-3)16(19)14-8-4-5-9-15(14)17/h4-5,8-9,12-13,16,18H,6-7,10-11H2,1-3H3. The molecular weight excluding hydrogens is 256 g/mol. The minimum absolute atomic E-state index is 0.440. The molecule has 0 bridgehead atoms. The molecule has 1 aliphatic rings. The Hall–Kier alpha value is -0.570. The molecule has 1 aliphatic heterocycles. The van der Waals surface area contributed by atoms with Gasteiger partial charge >= 0.3 is 0 Å². The first-order valence-electron chi connectivity index (χ1n) is 7.30. The highest BCUT2D eigenvalue weighted by atomic mass is 35.5. The second-order valence-corrected chi connectivity index (χ2v) is 6.17. The average Bonchev–Trinajstić information content (AvgIpc) is 2.40. The van der Waals surface area contributed by atoms with Gasteiger partial charge < -0.3 is 5.32 Å². The molecule has 0 radical (unpaired) electrons. The molecule has 1 aromatic carbocycles. The lowest BCUT2D eigenvalue weighted by molar-refractivity contribution is 0.0637. The summed E-state index contributed by atoms with van der Waals surface area (Å²) in [6, 6.07) is 9.32. The molecule has 2 atom stereocenters. The van der Waals surface area contributed by atoms with Crippen LogP contribution < -0.4 is 5.32 Å². The van der Waals surface area contributed by atoms with Gasteiger partial charge in [-0.2, -0.15) is 0 Å². The number of nitrogens with one attached hydrogen (secondary N) is 1. The van der Waals surface area contributed by atoms with Gasteiger partial charge in [-0.25, -0.2) is 0 Å². The SMILES string of the molecule is CNCC1CCCN(C(C)C)C1c1ccccc1Cl.